The summed E-state index contributed by atoms with van der Waals surface area (Å²) in [5.41, 5.74) is 0. The Morgan fingerprint density at radius 2 is 1.04 bits per heavy atom. The molecule has 11 atom stereocenters. The lowest BCUT2D eigenvalue weighted by molar-refractivity contribution is -0.332. The number of carbonyl (C=O) groups excluding carboxylic acids is 2. The number of esters is 2. The molecule has 0 aromatic rings. The molecule has 2 aliphatic heterocycles. The van der Waals surface area contributed by atoms with Crippen molar-refractivity contribution in [1.82, 2.24) is 0 Å². The van der Waals surface area contributed by atoms with Gasteiger partial charge in [0.2, 0.25) is 0 Å². The Morgan fingerprint density at radius 1 is 0.564 bits per heavy atom. The van der Waals surface area contributed by atoms with E-state index in [1.54, 1.807) is 0 Å². The predicted molar refractivity (Wildman–Crippen MR) is 201 cm³/mol. The lowest BCUT2D eigenvalue weighted by Crippen LogP contribution is -2.61. The van der Waals surface area contributed by atoms with Crippen LogP contribution in [0.5, 0.6) is 0 Å². The monoisotopic (exact) mass is 792 g/mol. The van der Waals surface area contributed by atoms with Gasteiger partial charge in [-0.3, -0.25) is 9.59 Å². The van der Waals surface area contributed by atoms with Gasteiger partial charge in [0, 0.05) is 12.8 Å². The van der Waals surface area contributed by atoms with Crippen LogP contribution in [0.25, 0.3) is 0 Å². The highest BCUT2D eigenvalue weighted by Crippen LogP contribution is 2.26. The number of hydrogen-bond donors (Lipinski definition) is 7. The van der Waals surface area contributed by atoms with Gasteiger partial charge < -0.3 is 64.2 Å². The summed E-state index contributed by atoms with van der Waals surface area (Å²) in [7, 11) is 0. The van der Waals surface area contributed by atoms with Crippen molar-refractivity contribution < 1.29 is 73.8 Å². The van der Waals surface area contributed by atoms with Crippen molar-refractivity contribution >= 4 is 11.9 Å². The average molecular weight is 793 g/mol. The third kappa shape index (κ3) is 19.5. The van der Waals surface area contributed by atoms with Crippen molar-refractivity contribution in [2.45, 2.75) is 203 Å². The number of ether oxygens (including phenoxy) is 6. The number of rotatable bonds is 30. The zero-order valence-electron chi connectivity index (χ0n) is 33.2. The van der Waals surface area contributed by atoms with Crippen molar-refractivity contribution in [1.29, 1.82) is 0 Å². The highest BCUT2D eigenvalue weighted by Gasteiger charge is 2.47. The Morgan fingerprint density at radius 3 is 1.62 bits per heavy atom. The summed E-state index contributed by atoms with van der Waals surface area (Å²) < 4.78 is 33.1. The van der Waals surface area contributed by atoms with Crippen molar-refractivity contribution in [3.63, 3.8) is 0 Å². The van der Waals surface area contributed by atoms with E-state index in [4.69, 9.17) is 28.4 Å². The molecule has 2 rings (SSSR count). The minimum Gasteiger partial charge on any atom is -0.462 e. The van der Waals surface area contributed by atoms with E-state index in [2.05, 4.69) is 26.0 Å². The van der Waals surface area contributed by atoms with Crippen LogP contribution in [0.1, 0.15) is 136 Å². The molecule has 0 aliphatic carbocycles. The topological polar surface area (TPSA) is 231 Å². The SMILES string of the molecule is CCCCCCCC/C=C\CCCCCCCC(=O)OC(COC(=O)CCCCCC)COC1OC(COC2OC(CO)C(O)C(O)C2O)C(O)C(O)C1O. The molecule has 0 aromatic heterocycles. The van der Waals surface area contributed by atoms with E-state index >= 15 is 0 Å². The first-order chi connectivity index (χ1) is 26.5. The fourth-order valence-corrected chi connectivity index (χ4v) is 6.44. The standard InChI is InChI=1S/C40H72O15/c1-3-5-7-9-10-11-12-13-14-15-16-17-18-19-21-23-32(43)53-28(25-50-31(42)22-20-8-6-4-2)26-51-39-38(49)36(47)34(45)30(55-39)27-52-40-37(48)35(46)33(44)29(24-41)54-40/h13-14,28-30,33-41,44-49H,3-12,15-27H2,1-2H3/b14-13-. The molecule has 0 radical (unpaired) electrons. The molecule has 0 bridgehead atoms. The smallest absolute Gasteiger partial charge is 0.306 e. The van der Waals surface area contributed by atoms with E-state index in [1.165, 1.54) is 38.5 Å². The molecule has 15 heteroatoms. The van der Waals surface area contributed by atoms with Gasteiger partial charge in [0.25, 0.3) is 0 Å². The van der Waals surface area contributed by atoms with Crippen molar-refractivity contribution in [3.8, 4) is 0 Å². The molecule has 0 aromatic carbocycles. The Hall–Kier alpha value is -1.76. The first-order valence-corrected chi connectivity index (χ1v) is 20.8. The fraction of sp³-hybridized carbons (Fsp3) is 0.900. The van der Waals surface area contributed by atoms with Gasteiger partial charge in [-0.05, 0) is 38.5 Å². The van der Waals surface area contributed by atoms with Crippen LogP contribution in [0.2, 0.25) is 0 Å². The third-order valence-electron chi connectivity index (χ3n) is 9.99. The highest BCUT2D eigenvalue weighted by atomic mass is 16.7. The summed E-state index contributed by atoms with van der Waals surface area (Å²) in [5, 5.41) is 71.5. The summed E-state index contributed by atoms with van der Waals surface area (Å²) in [6.07, 6.45) is 6.26. The van der Waals surface area contributed by atoms with Crippen molar-refractivity contribution in [2.24, 2.45) is 0 Å². The van der Waals surface area contributed by atoms with Gasteiger partial charge in [0.1, 0.15) is 55.4 Å². The highest BCUT2D eigenvalue weighted by molar-refractivity contribution is 5.70. The maximum absolute atomic E-state index is 12.8. The van der Waals surface area contributed by atoms with Crippen LogP contribution in [0.15, 0.2) is 12.2 Å². The Balaban J connectivity index is 1.83. The van der Waals surface area contributed by atoms with Crippen LogP contribution in [0.3, 0.4) is 0 Å². The molecular formula is C40H72O15. The first kappa shape index (κ1) is 49.4. The Labute approximate surface area is 327 Å². The number of carbonyl (C=O) groups is 2. The van der Waals surface area contributed by atoms with Gasteiger partial charge in [0.15, 0.2) is 18.7 Å². The molecule has 55 heavy (non-hydrogen) atoms. The van der Waals surface area contributed by atoms with Gasteiger partial charge in [-0.2, -0.15) is 0 Å². The third-order valence-corrected chi connectivity index (χ3v) is 9.99. The Kier molecular flexibility index (Phi) is 26.4. The van der Waals surface area contributed by atoms with E-state index in [9.17, 15) is 45.3 Å². The molecule has 0 amide bonds. The van der Waals surface area contributed by atoms with Gasteiger partial charge >= 0.3 is 11.9 Å². The van der Waals surface area contributed by atoms with Crippen LogP contribution in [-0.2, 0) is 38.0 Å². The fourth-order valence-electron chi connectivity index (χ4n) is 6.44. The van der Waals surface area contributed by atoms with E-state index < -0.39 is 92.7 Å². The summed E-state index contributed by atoms with van der Waals surface area (Å²) in [4.78, 5) is 25.2. The number of allylic oxidation sites excluding steroid dienone is 2. The molecule has 0 spiro atoms. The molecule has 7 N–H and O–H groups in total. The van der Waals surface area contributed by atoms with Crippen LogP contribution >= 0.6 is 0 Å². The van der Waals surface area contributed by atoms with Gasteiger partial charge in [-0.15, -0.1) is 0 Å². The zero-order chi connectivity index (χ0) is 40.4. The van der Waals surface area contributed by atoms with Crippen molar-refractivity contribution in [2.75, 3.05) is 26.4 Å². The minimum absolute atomic E-state index is 0.157. The number of unbranched alkanes of at least 4 members (excludes halogenated alkanes) is 14. The van der Waals surface area contributed by atoms with E-state index in [0.717, 1.165) is 57.8 Å². The molecule has 2 fully saturated rings. The minimum atomic E-state index is -1.76. The summed E-state index contributed by atoms with van der Waals surface area (Å²) in [5.74, 6) is -0.955. The second-order valence-electron chi connectivity index (χ2n) is 14.8. The second kappa shape index (κ2) is 29.5. The molecule has 15 nitrogen and oxygen atoms in total. The summed E-state index contributed by atoms with van der Waals surface area (Å²) in [6.45, 7) is 2.40. The summed E-state index contributed by atoms with van der Waals surface area (Å²) >= 11 is 0. The number of aliphatic hydroxyl groups is 7. The molecule has 2 aliphatic rings. The lowest BCUT2D eigenvalue weighted by atomic mass is 9.98. The molecule has 0 saturated carbocycles. The van der Waals surface area contributed by atoms with E-state index in [0.29, 0.717) is 12.8 Å². The second-order valence-corrected chi connectivity index (χ2v) is 14.8. The van der Waals surface area contributed by atoms with Crippen LogP contribution in [0, 0.1) is 0 Å². The van der Waals surface area contributed by atoms with E-state index in [1.807, 2.05) is 0 Å². The molecular weight excluding hydrogens is 720 g/mol. The number of hydrogen-bond acceptors (Lipinski definition) is 15. The average Bonchev–Trinajstić information content (AvgIpc) is 3.18. The maximum Gasteiger partial charge on any atom is 0.306 e. The Bertz CT molecular complexity index is 1030. The van der Waals surface area contributed by atoms with Crippen LogP contribution in [0.4, 0.5) is 0 Å². The lowest BCUT2D eigenvalue weighted by Gasteiger charge is -2.42. The molecule has 322 valence electrons. The maximum atomic E-state index is 12.8. The summed E-state index contributed by atoms with van der Waals surface area (Å²) in [6, 6.07) is 0. The van der Waals surface area contributed by atoms with Gasteiger partial charge in [0.05, 0.1) is 19.8 Å². The van der Waals surface area contributed by atoms with Crippen LogP contribution < -0.4 is 0 Å². The molecule has 11 unspecified atom stereocenters. The largest absolute Gasteiger partial charge is 0.462 e. The van der Waals surface area contributed by atoms with Crippen LogP contribution in [-0.4, -0.2) is 142 Å². The zero-order valence-corrected chi connectivity index (χ0v) is 33.2. The quantitative estimate of drug-likeness (QED) is 0.0315. The normalized spacial score (nSPS) is 29.0. The number of aliphatic hydroxyl groups excluding tert-OH is 7. The first-order valence-electron chi connectivity index (χ1n) is 20.8. The van der Waals surface area contributed by atoms with Gasteiger partial charge in [-0.1, -0.05) is 96.6 Å². The van der Waals surface area contributed by atoms with E-state index in [-0.39, 0.29) is 26.1 Å². The van der Waals surface area contributed by atoms with Crippen molar-refractivity contribution in [3.05, 3.63) is 12.2 Å². The molecule has 2 heterocycles. The molecule has 2 saturated heterocycles. The predicted octanol–water partition coefficient (Wildman–Crippen LogP) is 3.09. The van der Waals surface area contributed by atoms with Gasteiger partial charge in [-0.25, -0.2) is 0 Å².